The van der Waals surface area contributed by atoms with E-state index in [0.29, 0.717) is 0 Å². The fourth-order valence-electron chi connectivity index (χ4n) is 3.75. The molecule has 3 rings (SSSR count). The van der Waals surface area contributed by atoms with E-state index < -0.39 is 0 Å². The molecular formula is C27H30O3. The summed E-state index contributed by atoms with van der Waals surface area (Å²) in [5.41, 5.74) is 4.84. The molecule has 0 N–H and O–H groups in total. The molecule has 0 aliphatic heterocycles. The molecule has 0 saturated carbocycles. The molecule has 1 unspecified atom stereocenters. The third kappa shape index (κ3) is 6.21. The van der Waals surface area contributed by atoms with Crippen LogP contribution in [0.4, 0.5) is 0 Å². The molecule has 3 aromatic rings. The lowest BCUT2D eigenvalue weighted by Crippen LogP contribution is -2.17. The van der Waals surface area contributed by atoms with Crippen molar-refractivity contribution < 1.29 is 14.3 Å². The number of ether oxygens (including phenoxy) is 2. The Morgan fingerprint density at radius 1 is 0.767 bits per heavy atom. The van der Waals surface area contributed by atoms with E-state index >= 15 is 0 Å². The van der Waals surface area contributed by atoms with Crippen LogP contribution in [0.1, 0.15) is 30.4 Å². The van der Waals surface area contributed by atoms with Crippen LogP contribution in [0.15, 0.2) is 78.9 Å². The Kier molecular flexibility index (Phi) is 8.08. The predicted octanol–water partition coefficient (Wildman–Crippen LogP) is 6.11. The van der Waals surface area contributed by atoms with Gasteiger partial charge in [0, 0.05) is 0 Å². The van der Waals surface area contributed by atoms with Crippen LogP contribution in [0.25, 0.3) is 11.1 Å². The zero-order valence-electron chi connectivity index (χ0n) is 17.8. The Morgan fingerprint density at radius 2 is 1.50 bits per heavy atom. The van der Waals surface area contributed by atoms with Gasteiger partial charge >= 0.3 is 5.97 Å². The monoisotopic (exact) mass is 402 g/mol. The molecule has 0 amide bonds. The molecule has 0 aromatic heterocycles. The fraction of sp³-hybridized carbons (Fsp3) is 0.296. The van der Waals surface area contributed by atoms with E-state index in [1.165, 1.54) is 18.2 Å². The quantitative estimate of drug-likeness (QED) is 0.384. The zero-order valence-corrected chi connectivity index (χ0v) is 17.8. The Balaban J connectivity index is 1.56. The maximum atomic E-state index is 12.2. The summed E-state index contributed by atoms with van der Waals surface area (Å²) in [4.78, 5) is 12.2. The predicted molar refractivity (Wildman–Crippen MR) is 122 cm³/mol. The standard InChI is InChI=1S/C27H30O3/c1-29-26-13-7-12-25(20-26)23-17-14-22(15-18-23)16-19-24(27(28)30-2)11-6-10-21-8-4-3-5-9-21/h3-5,7-9,12-15,17-18,20,24H,6,10-11,16,19H2,1-2H3. The third-order valence-corrected chi connectivity index (χ3v) is 5.53. The minimum atomic E-state index is -0.101. The van der Waals surface area contributed by atoms with Crippen LogP contribution >= 0.6 is 0 Å². The third-order valence-electron chi connectivity index (χ3n) is 5.53. The van der Waals surface area contributed by atoms with E-state index in [2.05, 4.69) is 54.6 Å². The number of rotatable bonds is 10. The van der Waals surface area contributed by atoms with Crippen molar-refractivity contribution in [3.63, 3.8) is 0 Å². The first kappa shape index (κ1) is 21.6. The molecule has 0 heterocycles. The number of aryl methyl sites for hydroxylation is 2. The highest BCUT2D eigenvalue weighted by atomic mass is 16.5. The minimum Gasteiger partial charge on any atom is -0.497 e. The molecule has 1 atom stereocenters. The lowest BCUT2D eigenvalue weighted by atomic mass is 9.93. The number of carbonyl (C=O) groups is 1. The Labute approximate surface area is 179 Å². The highest BCUT2D eigenvalue weighted by Gasteiger charge is 2.18. The Bertz CT molecular complexity index is 916. The average Bonchev–Trinajstić information content (AvgIpc) is 2.81. The molecule has 0 saturated heterocycles. The normalized spacial score (nSPS) is 11.7. The molecule has 0 fully saturated rings. The summed E-state index contributed by atoms with van der Waals surface area (Å²) >= 11 is 0. The van der Waals surface area contributed by atoms with Crippen LogP contribution in [-0.2, 0) is 22.4 Å². The van der Waals surface area contributed by atoms with Crippen LogP contribution in [0.3, 0.4) is 0 Å². The van der Waals surface area contributed by atoms with Gasteiger partial charge in [-0.25, -0.2) is 0 Å². The number of hydrogen-bond acceptors (Lipinski definition) is 3. The van der Waals surface area contributed by atoms with Gasteiger partial charge in [-0.1, -0.05) is 66.7 Å². The topological polar surface area (TPSA) is 35.5 Å². The number of hydrogen-bond donors (Lipinski definition) is 0. The summed E-state index contributed by atoms with van der Waals surface area (Å²) in [5.74, 6) is 0.695. The van der Waals surface area contributed by atoms with Gasteiger partial charge in [0.15, 0.2) is 0 Å². The van der Waals surface area contributed by atoms with Crippen molar-refractivity contribution in [2.24, 2.45) is 5.92 Å². The number of methoxy groups -OCH3 is 2. The molecule has 3 nitrogen and oxygen atoms in total. The van der Waals surface area contributed by atoms with Gasteiger partial charge in [-0.05, 0) is 66.5 Å². The second-order valence-electron chi connectivity index (χ2n) is 7.57. The molecule has 0 spiro atoms. The van der Waals surface area contributed by atoms with Gasteiger partial charge in [0.05, 0.1) is 20.1 Å². The van der Waals surface area contributed by atoms with Crippen LogP contribution in [0, 0.1) is 5.92 Å². The largest absolute Gasteiger partial charge is 0.497 e. The molecule has 156 valence electrons. The van der Waals surface area contributed by atoms with Crippen molar-refractivity contribution in [2.75, 3.05) is 14.2 Å². The van der Waals surface area contributed by atoms with Gasteiger partial charge in [-0.2, -0.15) is 0 Å². The summed E-state index contributed by atoms with van der Waals surface area (Å²) in [6.45, 7) is 0. The van der Waals surface area contributed by atoms with Crippen molar-refractivity contribution >= 4 is 5.97 Å². The van der Waals surface area contributed by atoms with Crippen LogP contribution < -0.4 is 4.74 Å². The van der Waals surface area contributed by atoms with E-state index in [1.54, 1.807) is 7.11 Å². The average molecular weight is 403 g/mol. The van der Waals surface area contributed by atoms with Crippen molar-refractivity contribution in [3.05, 3.63) is 90.0 Å². The van der Waals surface area contributed by atoms with E-state index in [9.17, 15) is 4.79 Å². The smallest absolute Gasteiger partial charge is 0.308 e. The summed E-state index contributed by atoms with van der Waals surface area (Å²) in [6.07, 6.45) is 4.50. The van der Waals surface area contributed by atoms with E-state index in [1.807, 2.05) is 24.3 Å². The van der Waals surface area contributed by atoms with Gasteiger partial charge in [-0.3, -0.25) is 4.79 Å². The lowest BCUT2D eigenvalue weighted by Gasteiger charge is -2.15. The zero-order chi connectivity index (χ0) is 21.2. The molecule has 3 heteroatoms. The molecule has 0 bridgehead atoms. The van der Waals surface area contributed by atoms with Crippen LogP contribution in [-0.4, -0.2) is 20.2 Å². The second kappa shape index (κ2) is 11.2. The van der Waals surface area contributed by atoms with Crippen LogP contribution in [0.5, 0.6) is 5.75 Å². The van der Waals surface area contributed by atoms with Crippen molar-refractivity contribution in [2.45, 2.75) is 32.1 Å². The molecule has 0 radical (unpaired) electrons. The lowest BCUT2D eigenvalue weighted by molar-refractivity contribution is -0.145. The van der Waals surface area contributed by atoms with Gasteiger partial charge < -0.3 is 9.47 Å². The number of esters is 1. The fourth-order valence-corrected chi connectivity index (χ4v) is 3.75. The first-order valence-corrected chi connectivity index (χ1v) is 10.5. The highest BCUT2D eigenvalue weighted by molar-refractivity contribution is 5.72. The van der Waals surface area contributed by atoms with Crippen LogP contribution in [0.2, 0.25) is 0 Å². The van der Waals surface area contributed by atoms with Gasteiger partial charge in [0.1, 0.15) is 5.75 Å². The Morgan fingerprint density at radius 3 is 2.20 bits per heavy atom. The summed E-state index contributed by atoms with van der Waals surface area (Å²) in [5, 5.41) is 0. The Hall–Kier alpha value is -3.07. The molecule has 3 aromatic carbocycles. The van der Waals surface area contributed by atoms with E-state index in [0.717, 1.165) is 49.0 Å². The van der Waals surface area contributed by atoms with E-state index in [4.69, 9.17) is 9.47 Å². The van der Waals surface area contributed by atoms with Crippen molar-refractivity contribution in [3.8, 4) is 16.9 Å². The molecule has 30 heavy (non-hydrogen) atoms. The molecule has 0 aliphatic carbocycles. The van der Waals surface area contributed by atoms with E-state index in [-0.39, 0.29) is 11.9 Å². The second-order valence-corrected chi connectivity index (χ2v) is 7.57. The first-order valence-electron chi connectivity index (χ1n) is 10.5. The first-order chi connectivity index (χ1) is 14.7. The number of benzene rings is 3. The summed E-state index contributed by atoms with van der Waals surface area (Å²) in [6, 6.07) is 27.0. The van der Waals surface area contributed by atoms with Gasteiger partial charge in [0.25, 0.3) is 0 Å². The molecule has 0 aliphatic rings. The van der Waals surface area contributed by atoms with Crippen molar-refractivity contribution in [1.82, 2.24) is 0 Å². The van der Waals surface area contributed by atoms with Gasteiger partial charge in [-0.15, -0.1) is 0 Å². The minimum absolute atomic E-state index is 0.0585. The maximum absolute atomic E-state index is 12.2. The maximum Gasteiger partial charge on any atom is 0.308 e. The van der Waals surface area contributed by atoms with Gasteiger partial charge in [0.2, 0.25) is 0 Å². The SMILES string of the molecule is COC(=O)C(CCCc1ccccc1)CCc1ccc(-c2cccc(OC)c2)cc1. The summed E-state index contributed by atoms with van der Waals surface area (Å²) < 4.78 is 10.4. The summed E-state index contributed by atoms with van der Waals surface area (Å²) in [7, 11) is 3.16. The number of carbonyl (C=O) groups excluding carboxylic acids is 1. The highest BCUT2D eigenvalue weighted by Crippen LogP contribution is 2.25. The van der Waals surface area contributed by atoms with Crippen molar-refractivity contribution in [1.29, 1.82) is 0 Å². The molecular weight excluding hydrogens is 372 g/mol.